The minimum Gasteiger partial charge on any atom is -0.467 e. The van der Waals surface area contributed by atoms with Crippen LogP contribution < -0.4 is 0 Å². The lowest BCUT2D eigenvalue weighted by atomic mass is 10.0. The van der Waals surface area contributed by atoms with E-state index in [1.165, 1.54) is 12.0 Å². The van der Waals surface area contributed by atoms with E-state index in [2.05, 4.69) is 4.90 Å². The highest BCUT2D eigenvalue weighted by atomic mass is 16.7. The molecular weight excluding hydrogens is 354 g/mol. The van der Waals surface area contributed by atoms with Crippen molar-refractivity contribution < 1.29 is 28.6 Å². The van der Waals surface area contributed by atoms with Crippen molar-refractivity contribution in [2.24, 2.45) is 5.92 Å². The zero-order chi connectivity index (χ0) is 19.7. The summed E-state index contributed by atoms with van der Waals surface area (Å²) in [5.74, 6) is -0.858. The van der Waals surface area contributed by atoms with E-state index in [1.54, 1.807) is 4.90 Å². The number of rotatable bonds is 5. The number of carbonyl (C=O) groups is 3. The molecule has 3 aliphatic rings. The Morgan fingerprint density at radius 2 is 1.85 bits per heavy atom. The van der Waals surface area contributed by atoms with Crippen molar-refractivity contribution in [1.29, 1.82) is 0 Å². The first-order valence-corrected chi connectivity index (χ1v) is 9.48. The number of morpholine rings is 1. The van der Waals surface area contributed by atoms with Gasteiger partial charge >= 0.3 is 5.97 Å². The highest BCUT2D eigenvalue weighted by Gasteiger charge is 2.54. The Kier molecular flexibility index (Phi) is 6.02. The number of esters is 1. The molecule has 3 aliphatic heterocycles. The molecule has 0 unspecified atom stereocenters. The summed E-state index contributed by atoms with van der Waals surface area (Å²) in [6.07, 6.45) is -2.17. The van der Waals surface area contributed by atoms with Gasteiger partial charge in [-0.2, -0.15) is 0 Å². The monoisotopic (exact) mass is 383 g/mol. The van der Waals surface area contributed by atoms with Crippen molar-refractivity contribution in [2.45, 2.75) is 44.8 Å². The average molecular weight is 383 g/mol. The highest BCUT2D eigenvalue weighted by Crippen LogP contribution is 2.31. The van der Waals surface area contributed by atoms with Crippen molar-refractivity contribution in [3.63, 3.8) is 0 Å². The number of carbonyl (C=O) groups excluding carboxylic acids is 3. The molecule has 2 amide bonds. The number of amides is 2. The Morgan fingerprint density at radius 3 is 2.44 bits per heavy atom. The number of piperazine rings is 1. The third-order valence-corrected chi connectivity index (χ3v) is 5.35. The molecule has 0 aromatic rings. The van der Waals surface area contributed by atoms with Crippen molar-refractivity contribution in [3.8, 4) is 0 Å². The molecule has 0 aromatic heterocycles. The van der Waals surface area contributed by atoms with Gasteiger partial charge in [-0.15, -0.1) is 0 Å². The molecule has 0 N–H and O–H groups in total. The molecule has 0 radical (unpaired) electrons. The van der Waals surface area contributed by atoms with Crippen LogP contribution in [0.5, 0.6) is 0 Å². The van der Waals surface area contributed by atoms with Gasteiger partial charge in [-0.3, -0.25) is 9.59 Å². The van der Waals surface area contributed by atoms with Gasteiger partial charge in [0, 0.05) is 26.2 Å². The minimum absolute atomic E-state index is 0.119. The topological polar surface area (TPSA) is 88.6 Å². The number of ether oxygens (including phenoxy) is 3. The molecule has 27 heavy (non-hydrogen) atoms. The Labute approximate surface area is 159 Å². The molecule has 3 fully saturated rings. The SMILES string of the molecule is COC(=O)[C@H](CC(C)C)N1C[C@H]2O[C@H](C(=O)N3CCN(C)CC3)[C@H](O2)C1=O. The first-order valence-electron chi connectivity index (χ1n) is 9.48. The first-order chi connectivity index (χ1) is 12.8. The molecular formula is C18H29N3O6. The lowest BCUT2D eigenvalue weighted by Gasteiger charge is -2.36. The molecule has 3 heterocycles. The van der Waals surface area contributed by atoms with Gasteiger partial charge in [0.2, 0.25) is 0 Å². The van der Waals surface area contributed by atoms with E-state index in [4.69, 9.17) is 14.2 Å². The number of hydrogen-bond acceptors (Lipinski definition) is 7. The average Bonchev–Trinajstić information content (AvgIpc) is 3.01. The van der Waals surface area contributed by atoms with Crippen LogP contribution in [-0.4, -0.2) is 104 Å². The Balaban J connectivity index is 1.73. The summed E-state index contributed by atoms with van der Waals surface area (Å²) >= 11 is 0. The molecule has 152 valence electrons. The molecule has 9 heteroatoms. The Bertz CT molecular complexity index is 590. The van der Waals surface area contributed by atoms with Crippen LogP contribution in [0.4, 0.5) is 0 Å². The zero-order valence-electron chi connectivity index (χ0n) is 16.4. The summed E-state index contributed by atoms with van der Waals surface area (Å²) < 4.78 is 16.3. The molecule has 0 aliphatic carbocycles. The summed E-state index contributed by atoms with van der Waals surface area (Å²) in [5, 5.41) is 0. The van der Waals surface area contributed by atoms with E-state index in [-0.39, 0.29) is 24.3 Å². The highest BCUT2D eigenvalue weighted by molar-refractivity contribution is 5.94. The Hall–Kier alpha value is -1.71. The number of hydrogen-bond donors (Lipinski definition) is 0. The van der Waals surface area contributed by atoms with Crippen LogP contribution >= 0.6 is 0 Å². The van der Waals surface area contributed by atoms with Gasteiger partial charge in [0.15, 0.2) is 18.5 Å². The van der Waals surface area contributed by atoms with Crippen LogP contribution in [0.3, 0.4) is 0 Å². The zero-order valence-corrected chi connectivity index (χ0v) is 16.4. The molecule has 0 saturated carbocycles. The van der Waals surface area contributed by atoms with Crippen molar-refractivity contribution in [1.82, 2.24) is 14.7 Å². The number of fused-ring (bicyclic) bond motifs is 2. The molecule has 0 spiro atoms. The van der Waals surface area contributed by atoms with Crippen LogP contribution in [0.1, 0.15) is 20.3 Å². The lowest BCUT2D eigenvalue weighted by Crippen LogP contribution is -2.58. The van der Waals surface area contributed by atoms with Gasteiger partial charge in [-0.1, -0.05) is 13.8 Å². The smallest absolute Gasteiger partial charge is 0.328 e. The van der Waals surface area contributed by atoms with E-state index in [9.17, 15) is 14.4 Å². The van der Waals surface area contributed by atoms with Crippen LogP contribution in [-0.2, 0) is 28.6 Å². The van der Waals surface area contributed by atoms with Gasteiger partial charge in [0.05, 0.1) is 13.7 Å². The van der Waals surface area contributed by atoms with E-state index in [0.717, 1.165) is 13.1 Å². The van der Waals surface area contributed by atoms with Gasteiger partial charge in [-0.05, 0) is 19.4 Å². The number of nitrogens with zero attached hydrogens (tertiary/aromatic N) is 3. The summed E-state index contributed by atoms with van der Waals surface area (Å²) in [7, 11) is 3.32. The maximum absolute atomic E-state index is 13.0. The second kappa shape index (κ2) is 8.12. The maximum Gasteiger partial charge on any atom is 0.328 e. The standard InChI is InChI=1S/C18H29N3O6/c1-11(2)9-12(18(24)25-4)21-10-13-26-14(15(27-13)17(21)23)16(22)20-7-5-19(3)6-8-20/h11-15H,5-10H2,1-4H3/t12-,13-,14-,15-/m0/s1. The van der Waals surface area contributed by atoms with Gasteiger partial charge in [0.1, 0.15) is 6.04 Å². The van der Waals surface area contributed by atoms with E-state index < -0.39 is 30.5 Å². The fourth-order valence-electron chi connectivity index (χ4n) is 3.80. The predicted molar refractivity (Wildman–Crippen MR) is 94.6 cm³/mol. The molecule has 4 atom stereocenters. The van der Waals surface area contributed by atoms with Gasteiger partial charge in [-0.25, -0.2) is 4.79 Å². The molecule has 2 bridgehead atoms. The molecule has 3 rings (SSSR count). The molecule has 0 aromatic carbocycles. The van der Waals surface area contributed by atoms with Crippen LogP contribution in [0.25, 0.3) is 0 Å². The van der Waals surface area contributed by atoms with Crippen LogP contribution in [0.15, 0.2) is 0 Å². The summed E-state index contributed by atoms with van der Waals surface area (Å²) in [6, 6.07) is -0.697. The second-order valence-electron chi connectivity index (χ2n) is 7.83. The molecule has 3 saturated heterocycles. The van der Waals surface area contributed by atoms with E-state index in [1.807, 2.05) is 20.9 Å². The summed E-state index contributed by atoms with van der Waals surface area (Å²) in [5.41, 5.74) is 0. The van der Waals surface area contributed by atoms with E-state index >= 15 is 0 Å². The van der Waals surface area contributed by atoms with Crippen LogP contribution in [0, 0.1) is 5.92 Å². The summed E-state index contributed by atoms with van der Waals surface area (Å²) in [4.78, 5) is 43.5. The van der Waals surface area contributed by atoms with E-state index in [0.29, 0.717) is 19.5 Å². The second-order valence-corrected chi connectivity index (χ2v) is 7.83. The fraction of sp³-hybridized carbons (Fsp3) is 0.833. The predicted octanol–water partition coefficient (Wildman–Crippen LogP) is -0.700. The normalized spacial score (nSPS) is 30.0. The largest absolute Gasteiger partial charge is 0.467 e. The number of methoxy groups -OCH3 is 1. The van der Waals surface area contributed by atoms with Crippen molar-refractivity contribution >= 4 is 17.8 Å². The van der Waals surface area contributed by atoms with Crippen molar-refractivity contribution in [2.75, 3.05) is 46.9 Å². The third-order valence-electron chi connectivity index (χ3n) is 5.35. The van der Waals surface area contributed by atoms with Crippen molar-refractivity contribution in [3.05, 3.63) is 0 Å². The van der Waals surface area contributed by atoms with Crippen LogP contribution in [0.2, 0.25) is 0 Å². The maximum atomic E-state index is 13.0. The third kappa shape index (κ3) is 4.09. The minimum atomic E-state index is -1.00. The molecule has 9 nitrogen and oxygen atoms in total. The van der Waals surface area contributed by atoms with Gasteiger partial charge < -0.3 is 28.9 Å². The lowest BCUT2D eigenvalue weighted by molar-refractivity contribution is -0.174. The quantitative estimate of drug-likeness (QED) is 0.580. The van der Waals surface area contributed by atoms with Gasteiger partial charge in [0.25, 0.3) is 11.8 Å². The summed E-state index contributed by atoms with van der Waals surface area (Å²) in [6.45, 7) is 6.84. The Morgan fingerprint density at radius 1 is 1.19 bits per heavy atom. The first kappa shape index (κ1) is 20.0. The number of likely N-dealkylation sites (N-methyl/N-ethyl adjacent to an activating group) is 1. The fourth-order valence-corrected chi connectivity index (χ4v) is 3.80.